The Bertz CT molecular complexity index is 281. The molecule has 0 saturated heterocycles. The van der Waals surface area contributed by atoms with Crippen molar-refractivity contribution in [2.75, 3.05) is 0 Å². The van der Waals surface area contributed by atoms with Gasteiger partial charge in [-0.2, -0.15) is 0 Å². The van der Waals surface area contributed by atoms with Gasteiger partial charge >= 0.3 is 0 Å². The molecule has 0 saturated carbocycles. The van der Waals surface area contributed by atoms with Crippen LogP contribution in [0, 0.1) is 5.92 Å². The van der Waals surface area contributed by atoms with E-state index in [0.717, 1.165) is 12.0 Å². The van der Waals surface area contributed by atoms with Crippen molar-refractivity contribution >= 4 is 0 Å². The van der Waals surface area contributed by atoms with Crippen molar-refractivity contribution in [3.8, 4) is 0 Å². The molecule has 0 aromatic carbocycles. The van der Waals surface area contributed by atoms with Gasteiger partial charge in [0.25, 0.3) is 0 Å². The molecule has 1 rings (SSSR count). The van der Waals surface area contributed by atoms with Gasteiger partial charge in [-0.1, -0.05) is 18.6 Å². The zero-order valence-electron chi connectivity index (χ0n) is 9.39. The van der Waals surface area contributed by atoms with E-state index in [1.807, 2.05) is 13.0 Å². The number of aliphatic hydroxyl groups is 1. The first-order valence-corrected chi connectivity index (χ1v) is 5.10. The van der Waals surface area contributed by atoms with Gasteiger partial charge in [-0.3, -0.25) is 0 Å². The summed E-state index contributed by atoms with van der Waals surface area (Å²) < 4.78 is 13.1. The average Bonchev–Trinajstić information content (AvgIpc) is 2.07. The van der Waals surface area contributed by atoms with Crippen LogP contribution in [-0.2, 0) is 0 Å². The smallest absolute Gasteiger partial charge is 0.103 e. The molecule has 1 aliphatic rings. The van der Waals surface area contributed by atoms with E-state index in [0.29, 0.717) is 12.0 Å². The van der Waals surface area contributed by atoms with Gasteiger partial charge in [-0.15, -0.1) is 0 Å². The lowest BCUT2D eigenvalue weighted by Gasteiger charge is -2.30. The van der Waals surface area contributed by atoms with Gasteiger partial charge in [-0.05, 0) is 32.8 Å². The molecule has 1 unspecified atom stereocenters. The summed E-state index contributed by atoms with van der Waals surface area (Å²) in [6.45, 7) is 7.36. The van der Waals surface area contributed by atoms with Gasteiger partial charge < -0.3 is 5.11 Å². The van der Waals surface area contributed by atoms with Crippen LogP contribution >= 0.6 is 0 Å². The zero-order valence-corrected chi connectivity index (χ0v) is 9.39. The zero-order chi connectivity index (χ0) is 10.9. The minimum atomic E-state index is -0.722. The minimum Gasteiger partial charge on any atom is -0.390 e. The highest BCUT2D eigenvalue weighted by molar-refractivity contribution is 5.31. The predicted molar refractivity (Wildman–Crippen MR) is 56.6 cm³/mol. The number of hydrogen-bond acceptors (Lipinski definition) is 1. The van der Waals surface area contributed by atoms with E-state index in [4.69, 9.17) is 0 Å². The van der Waals surface area contributed by atoms with Crippen molar-refractivity contribution in [2.24, 2.45) is 5.92 Å². The molecule has 0 aromatic heterocycles. The van der Waals surface area contributed by atoms with Gasteiger partial charge in [0.2, 0.25) is 0 Å². The summed E-state index contributed by atoms with van der Waals surface area (Å²) in [7, 11) is 0. The second kappa shape index (κ2) is 3.85. The number of rotatable bonds is 2. The number of halogens is 1. The highest BCUT2D eigenvalue weighted by Crippen LogP contribution is 2.33. The van der Waals surface area contributed by atoms with Gasteiger partial charge in [-0.25, -0.2) is 4.39 Å². The van der Waals surface area contributed by atoms with E-state index in [1.54, 1.807) is 20.8 Å². The highest BCUT2D eigenvalue weighted by atomic mass is 19.1. The van der Waals surface area contributed by atoms with E-state index < -0.39 is 5.60 Å². The minimum absolute atomic E-state index is 0.0169. The number of hydrogen-bond donors (Lipinski definition) is 1. The molecule has 1 nitrogen and oxygen atoms in total. The molecule has 0 radical (unpaired) electrons. The molecule has 1 N–H and O–H groups in total. The normalized spacial score (nSPS) is 20.9. The van der Waals surface area contributed by atoms with Gasteiger partial charge in [0.05, 0.1) is 5.60 Å². The maximum atomic E-state index is 13.1. The van der Waals surface area contributed by atoms with Crippen LogP contribution in [0.15, 0.2) is 23.0 Å². The SMILES string of the molecule is CC1=C(F)CCC(C(C)C(C)(C)O)=C1. The van der Waals surface area contributed by atoms with Crippen LogP contribution in [0.5, 0.6) is 0 Å². The van der Waals surface area contributed by atoms with Crippen LogP contribution in [0.4, 0.5) is 4.39 Å². The van der Waals surface area contributed by atoms with Crippen molar-refractivity contribution in [1.29, 1.82) is 0 Å². The standard InChI is InChI=1S/C12H19FO/c1-8-7-10(5-6-11(8)13)9(2)12(3,4)14/h7,9,14H,5-6H2,1-4H3. The summed E-state index contributed by atoms with van der Waals surface area (Å²) in [6, 6.07) is 0. The van der Waals surface area contributed by atoms with Crippen LogP contribution in [0.3, 0.4) is 0 Å². The monoisotopic (exact) mass is 198 g/mol. The van der Waals surface area contributed by atoms with E-state index in [-0.39, 0.29) is 11.7 Å². The molecule has 14 heavy (non-hydrogen) atoms. The molecular weight excluding hydrogens is 179 g/mol. The third kappa shape index (κ3) is 2.44. The molecule has 0 aromatic rings. The third-order valence-electron chi connectivity index (χ3n) is 3.08. The summed E-state index contributed by atoms with van der Waals surface area (Å²) in [5.74, 6) is 0.0715. The lowest BCUT2D eigenvalue weighted by Crippen LogP contribution is -2.30. The fourth-order valence-electron chi connectivity index (χ4n) is 1.68. The first kappa shape index (κ1) is 11.4. The van der Waals surface area contributed by atoms with Crippen LogP contribution in [0.2, 0.25) is 0 Å². The maximum absolute atomic E-state index is 13.1. The Hall–Kier alpha value is -0.630. The summed E-state index contributed by atoms with van der Waals surface area (Å²) in [4.78, 5) is 0. The van der Waals surface area contributed by atoms with Gasteiger partial charge in [0, 0.05) is 12.3 Å². The van der Waals surface area contributed by atoms with Crippen LogP contribution in [0.1, 0.15) is 40.5 Å². The molecule has 0 amide bonds. The predicted octanol–water partition coefficient (Wildman–Crippen LogP) is 3.36. The summed E-state index contributed by atoms with van der Waals surface area (Å²) >= 11 is 0. The van der Waals surface area contributed by atoms with Crippen molar-refractivity contribution in [3.05, 3.63) is 23.0 Å². The lowest BCUT2D eigenvalue weighted by atomic mass is 9.81. The molecular formula is C12H19FO. The molecule has 0 fully saturated rings. The van der Waals surface area contributed by atoms with E-state index in [1.165, 1.54) is 0 Å². The second-order valence-corrected chi connectivity index (χ2v) is 4.68. The molecule has 2 heteroatoms. The maximum Gasteiger partial charge on any atom is 0.103 e. The van der Waals surface area contributed by atoms with Crippen LogP contribution in [-0.4, -0.2) is 10.7 Å². The highest BCUT2D eigenvalue weighted by Gasteiger charge is 2.27. The first-order valence-electron chi connectivity index (χ1n) is 5.10. The van der Waals surface area contributed by atoms with Crippen molar-refractivity contribution in [3.63, 3.8) is 0 Å². The van der Waals surface area contributed by atoms with E-state index in [9.17, 15) is 9.50 Å². The number of allylic oxidation sites excluding steroid dienone is 3. The Balaban J connectivity index is 2.87. The van der Waals surface area contributed by atoms with Gasteiger partial charge in [0.15, 0.2) is 0 Å². The fourth-order valence-corrected chi connectivity index (χ4v) is 1.68. The Morgan fingerprint density at radius 2 is 2.00 bits per heavy atom. The van der Waals surface area contributed by atoms with E-state index >= 15 is 0 Å². The average molecular weight is 198 g/mol. The quantitative estimate of drug-likeness (QED) is 0.721. The topological polar surface area (TPSA) is 20.2 Å². The summed E-state index contributed by atoms with van der Waals surface area (Å²) in [6.07, 6.45) is 3.09. The molecule has 0 aliphatic heterocycles. The fraction of sp³-hybridized carbons (Fsp3) is 0.667. The molecule has 1 aliphatic carbocycles. The Morgan fingerprint density at radius 1 is 1.43 bits per heavy atom. The molecule has 0 bridgehead atoms. The Morgan fingerprint density at radius 3 is 2.43 bits per heavy atom. The van der Waals surface area contributed by atoms with Crippen molar-refractivity contribution < 1.29 is 9.50 Å². The molecule has 0 spiro atoms. The van der Waals surface area contributed by atoms with E-state index in [2.05, 4.69) is 0 Å². The van der Waals surface area contributed by atoms with Crippen LogP contribution < -0.4 is 0 Å². The second-order valence-electron chi connectivity index (χ2n) is 4.68. The Labute approximate surface area is 85.3 Å². The van der Waals surface area contributed by atoms with Gasteiger partial charge in [0.1, 0.15) is 5.83 Å². The first-order chi connectivity index (χ1) is 6.32. The van der Waals surface area contributed by atoms with Crippen LogP contribution in [0.25, 0.3) is 0 Å². The summed E-state index contributed by atoms with van der Waals surface area (Å²) in [5, 5.41) is 9.84. The molecule has 0 heterocycles. The molecule has 1 atom stereocenters. The summed E-state index contributed by atoms with van der Waals surface area (Å²) in [5.41, 5.74) is 1.14. The lowest BCUT2D eigenvalue weighted by molar-refractivity contribution is 0.0382. The molecule has 80 valence electrons. The third-order valence-corrected chi connectivity index (χ3v) is 3.08. The Kier molecular flexibility index (Phi) is 3.15. The van der Waals surface area contributed by atoms with Crippen molar-refractivity contribution in [2.45, 2.75) is 46.1 Å². The largest absolute Gasteiger partial charge is 0.390 e. The van der Waals surface area contributed by atoms with Crippen molar-refractivity contribution in [1.82, 2.24) is 0 Å².